The summed E-state index contributed by atoms with van der Waals surface area (Å²) >= 11 is 0. The fourth-order valence-electron chi connectivity index (χ4n) is 2.82. The van der Waals surface area contributed by atoms with E-state index in [0.717, 1.165) is 6.04 Å². The van der Waals surface area contributed by atoms with E-state index in [1.807, 2.05) is 13.8 Å². The van der Waals surface area contributed by atoms with Gasteiger partial charge in [0.25, 0.3) is 0 Å². The molecule has 2 nitrogen and oxygen atoms in total. The smallest absolute Gasteiger partial charge is 0.0120 e. The van der Waals surface area contributed by atoms with Gasteiger partial charge in [0.1, 0.15) is 0 Å². The Morgan fingerprint density at radius 3 is 1.75 bits per heavy atom. The zero-order chi connectivity index (χ0) is 11.8. The van der Waals surface area contributed by atoms with Crippen molar-refractivity contribution in [3.8, 4) is 0 Å². The molecule has 0 N–H and O–H groups in total. The molecular weight excluding hydrogens is 196 g/mol. The summed E-state index contributed by atoms with van der Waals surface area (Å²) in [5, 5.41) is 0. The minimum absolute atomic E-state index is 0.907. The van der Waals surface area contributed by atoms with Crippen LogP contribution in [0.1, 0.15) is 52.4 Å². The predicted octanol–water partition coefficient (Wildman–Crippen LogP) is 2.98. The molecule has 0 bridgehead atoms. The van der Waals surface area contributed by atoms with Crippen LogP contribution in [0.25, 0.3) is 0 Å². The number of hydrogen-bond acceptors (Lipinski definition) is 2. The topological polar surface area (TPSA) is 6.48 Å². The highest BCUT2D eigenvalue weighted by Gasteiger charge is 2.23. The van der Waals surface area contributed by atoms with Gasteiger partial charge in [0.15, 0.2) is 0 Å². The molecule has 0 saturated carbocycles. The van der Waals surface area contributed by atoms with E-state index in [1.54, 1.807) is 0 Å². The summed E-state index contributed by atoms with van der Waals surface area (Å²) in [6.45, 7) is 9.35. The van der Waals surface area contributed by atoms with E-state index < -0.39 is 0 Å². The second kappa shape index (κ2) is 8.08. The average molecular weight is 226 g/mol. The fourth-order valence-corrected chi connectivity index (χ4v) is 2.82. The Bertz CT molecular complexity index is 154. The highest BCUT2D eigenvalue weighted by atomic mass is 15.2. The lowest BCUT2D eigenvalue weighted by molar-refractivity contribution is 0.124. The molecule has 2 heteroatoms. The number of hydrogen-bond donors (Lipinski definition) is 0. The third kappa shape index (κ3) is 4.42. The van der Waals surface area contributed by atoms with Crippen molar-refractivity contribution in [2.24, 2.45) is 0 Å². The van der Waals surface area contributed by atoms with Crippen LogP contribution in [0.15, 0.2) is 0 Å². The molecule has 0 amide bonds. The maximum absolute atomic E-state index is 2.76. The first-order chi connectivity index (χ1) is 7.86. The van der Waals surface area contributed by atoms with Crippen molar-refractivity contribution in [1.29, 1.82) is 0 Å². The highest BCUT2D eigenvalue weighted by molar-refractivity contribution is 4.79. The van der Waals surface area contributed by atoms with Crippen molar-refractivity contribution in [2.75, 3.05) is 33.2 Å². The van der Waals surface area contributed by atoms with Crippen molar-refractivity contribution < 1.29 is 0 Å². The Balaban J connectivity index is 0.000000606. The Kier molecular flexibility index (Phi) is 7.06. The van der Waals surface area contributed by atoms with Crippen LogP contribution in [0.5, 0.6) is 0 Å². The van der Waals surface area contributed by atoms with Gasteiger partial charge in [-0.2, -0.15) is 0 Å². The summed E-state index contributed by atoms with van der Waals surface area (Å²) in [6.07, 6.45) is 8.60. The molecule has 0 radical (unpaired) electrons. The van der Waals surface area contributed by atoms with Gasteiger partial charge in [-0.3, -0.25) is 0 Å². The summed E-state index contributed by atoms with van der Waals surface area (Å²) in [7, 11) is 2.25. The monoisotopic (exact) mass is 226 g/mol. The largest absolute Gasteiger partial charge is 0.306 e. The van der Waals surface area contributed by atoms with E-state index in [-0.39, 0.29) is 0 Å². The van der Waals surface area contributed by atoms with Crippen LogP contribution >= 0.6 is 0 Å². The number of likely N-dealkylation sites (tertiary alicyclic amines) is 2. The third-order valence-corrected chi connectivity index (χ3v) is 3.85. The predicted molar refractivity (Wildman–Crippen MR) is 71.9 cm³/mol. The van der Waals surface area contributed by atoms with E-state index in [9.17, 15) is 0 Å². The average Bonchev–Trinajstić information content (AvgIpc) is 2.61. The highest BCUT2D eigenvalue weighted by Crippen LogP contribution is 2.19. The molecular formula is C14H30N2. The SMILES string of the molecule is CC.CN1CCC(N2CCCCCC2)CC1. The van der Waals surface area contributed by atoms with Crippen LogP contribution in [0.3, 0.4) is 0 Å². The Labute approximate surface area is 102 Å². The molecule has 0 aliphatic carbocycles. The van der Waals surface area contributed by atoms with Gasteiger partial charge in [0.05, 0.1) is 0 Å². The second-order valence-corrected chi connectivity index (χ2v) is 4.98. The van der Waals surface area contributed by atoms with Gasteiger partial charge in [0.2, 0.25) is 0 Å². The van der Waals surface area contributed by atoms with E-state index in [0.29, 0.717) is 0 Å². The molecule has 0 atom stereocenters. The summed E-state index contributed by atoms with van der Waals surface area (Å²) in [4.78, 5) is 5.23. The maximum Gasteiger partial charge on any atom is 0.0120 e. The minimum atomic E-state index is 0.907. The van der Waals surface area contributed by atoms with Crippen LogP contribution < -0.4 is 0 Å². The molecule has 2 aliphatic rings. The lowest BCUT2D eigenvalue weighted by atomic mass is 10.0. The molecule has 96 valence electrons. The third-order valence-electron chi connectivity index (χ3n) is 3.85. The number of rotatable bonds is 1. The van der Waals surface area contributed by atoms with E-state index in [1.165, 1.54) is 64.7 Å². The Hall–Kier alpha value is -0.0800. The Morgan fingerprint density at radius 1 is 0.750 bits per heavy atom. The molecule has 2 rings (SSSR count). The Morgan fingerprint density at radius 2 is 1.25 bits per heavy atom. The molecule has 0 aromatic rings. The zero-order valence-corrected chi connectivity index (χ0v) is 11.5. The molecule has 0 spiro atoms. The normalized spacial score (nSPS) is 25.7. The summed E-state index contributed by atoms with van der Waals surface area (Å²) in [6, 6.07) is 0.907. The lowest BCUT2D eigenvalue weighted by Gasteiger charge is -2.36. The van der Waals surface area contributed by atoms with Crippen molar-refractivity contribution in [3.63, 3.8) is 0 Å². The van der Waals surface area contributed by atoms with Crippen molar-refractivity contribution in [2.45, 2.75) is 58.4 Å². The van der Waals surface area contributed by atoms with Gasteiger partial charge in [-0.05, 0) is 58.9 Å². The van der Waals surface area contributed by atoms with Crippen LogP contribution in [-0.4, -0.2) is 49.1 Å². The van der Waals surface area contributed by atoms with Gasteiger partial charge in [-0.1, -0.05) is 26.7 Å². The molecule has 2 heterocycles. The van der Waals surface area contributed by atoms with Crippen LogP contribution in [-0.2, 0) is 0 Å². The molecule has 2 aliphatic heterocycles. The first-order valence-electron chi connectivity index (χ1n) is 7.29. The molecule has 0 unspecified atom stereocenters. The molecule has 0 aromatic carbocycles. The van der Waals surface area contributed by atoms with Gasteiger partial charge in [-0.25, -0.2) is 0 Å². The van der Waals surface area contributed by atoms with Gasteiger partial charge in [0, 0.05) is 6.04 Å². The first-order valence-corrected chi connectivity index (χ1v) is 7.29. The standard InChI is InChI=1S/C12H24N2.C2H6/c1-13-10-6-12(7-11-13)14-8-4-2-3-5-9-14;1-2/h12H,2-11H2,1H3;1-2H3. The van der Waals surface area contributed by atoms with Crippen LogP contribution in [0.2, 0.25) is 0 Å². The summed E-state index contributed by atoms with van der Waals surface area (Å²) in [5.74, 6) is 0. The molecule has 16 heavy (non-hydrogen) atoms. The van der Waals surface area contributed by atoms with Crippen LogP contribution in [0.4, 0.5) is 0 Å². The van der Waals surface area contributed by atoms with Gasteiger partial charge in [-0.15, -0.1) is 0 Å². The number of nitrogens with zero attached hydrogens (tertiary/aromatic N) is 2. The second-order valence-electron chi connectivity index (χ2n) is 4.98. The first kappa shape index (κ1) is 14.0. The summed E-state index contributed by atoms with van der Waals surface area (Å²) in [5.41, 5.74) is 0. The zero-order valence-electron chi connectivity index (χ0n) is 11.5. The fraction of sp³-hybridized carbons (Fsp3) is 1.00. The minimum Gasteiger partial charge on any atom is -0.306 e. The van der Waals surface area contributed by atoms with E-state index in [2.05, 4.69) is 16.8 Å². The summed E-state index contributed by atoms with van der Waals surface area (Å²) < 4.78 is 0. The van der Waals surface area contributed by atoms with Crippen LogP contribution in [0, 0.1) is 0 Å². The van der Waals surface area contributed by atoms with E-state index in [4.69, 9.17) is 0 Å². The molecule has 2 fully saturated rings. The lowest BCUT2D eigenvalue weighted by Crippen LogP contribution is -2.44. The maximum atomic E-state index is 2.76. The quantitative estimate of drug-likeness (QED) is 0.678. The van der Waals surface area contributed by atoms with Crippen molar-refractivity contribution >= 4 is 0 Å². The van der Waals surface area contributed by atoms with Crippen molar-refractivity contribution in [3.05, 3.63) is 0 Å². The number of piperidine rings is 1. The molecule has 2 saturated heterocycles. The van der Waals surface area contributed by atoms with E-state index >= 15 is 0 Å². The van der Waals surface area contributed by atoms with Gasteiger partial charge < -0.3 is 9.80 Å². The van der Waals surface area contributed by atoms with Crippen molar-refractivity contribution in [1.82, 2.24) is 9.80 Å². The van der Waals surface area contributed by atoms with Gasteiger partial charge >= 0.3 is 0 Å². The molecule has 0 aromatic heterocycles.